The summed E-state index contributed by atoms with van der Waals surface area (Å²) >= 11 is 0. The molecule has 1 N–H and O–H groups in total. The first kappa shape index (κ1) is 18.0. The molecule has 0 spiro atoms. The van der Waals surface area contributed by atoms with E-state index in [0.29, 0.717) is 29.7 Å². The van der Waals surface area contributed by atoms with Crippen molar-refractivity contribution in [3.05, 3.63) is 30.6 Å². The number of carbonyl (C=O) groups is 1. The number of carbonyl (C=O) groups excluding carboxylic acids is 1. The molecule has 1 aliphatic rings. The zero-order valence-electron chi connectivity index (χ0n) is 15.2. The molecule has 1 aromatic heterocycles. The van der Waals surface area contributed by atoms with E-state index >= 15 is 0 Å². The Hall–Kier alpha value is -2.77. The third kappa shape index (κ3) is 4.44. The van der Waals surface area contributed by atoms with Crippen LogP contribution in [0.4, 0.5) is 10.5 Å². The number of benzene rings is 1. The molecule has 1 fully saturated rings. The van der Waals surface area contributed by atoms with Crippen LogP contribution < -0.4 is 14.8 Å². The van der Waals surface area contributed by atoms with Crippen molar-refractivity contribution in [1.82, 2.24) is 19.9 Å². The molecule has 140 valence electrons. The van der Waals surface area contributed by atoms with Crippen molar-refractivity contribution in [2.75, 3.05) is 32.1 Å². The number of amides is 2. The van der Waals surface area contributed by atoms with Gasteiger partial charge < -0.3 is 19.7 Å². The molecule has 0 aliphatic carbocycles. The number of urea groups is 1. The maximum Gasteiger partial charge on any atom is 0.321 e. The van der Waals surface area contributed by atoms with Crippen molar-refractivity contribution in [2.24, 2.45) is 5.92 Å². The maximum atomic E-state index is 12.5. The zero-order chi connectivity index (χ0) is 18.4. The van der Waals surface area contributed by atoms with E-state index in [4.69, 9.17) is 9.47 Å². The van der Waals surface area contributed by atoms with Crippen molar-refractivity contribution in [3.63, 3.8) is 0 Å². The minimum absolute atomic E-state index is 0.0863. The van der Waals surface area contributed by atoms with Crippen LogP contribution in [0.25, 0.3) is 0 Å². The van der Waals surface area contributed by atoms with Crippen LogP contribution >= 0.6 is 0 Å². The van der Waals surface area contributed by atoms with Gasteiger partial charge in [-0.25, -0.2) is 4.79 Å². The van der Waals surface area contributed by atoms with E-state index in [0.717, 1.165) is 32.5 Å². The number of hydrogen-bond donors (Lipinski definition) is 1. The van der Waals surface area contributed by atoms with Crippen molar-refractivity contribution in [2.45, 2.75) is 26.3 Å². The largest absolute Gasteiger partial charge is 0.493 e. The predicted molar refractivity (Wildman–Crippen MR) is 97.5 cm³/mol. The van der Waals surface area contributed by atoms with Crippen LogP contribution in [0.15, 0.2) is 30.6 Å². The summed E-state index contributed by atoms with van der Waals surface area (Å²) in [5.74, 6) is 1.80. The molecule has 26 heavy (non-hydrogen) atoms. The number of ether oxygens (including phenoxy) is 2. The lowest BCUT2D eigenvalue weighted by Gasteiger charge is -2.31. The number of hydrogen-bond acceptors (Lipinski definition) is 5. The van der Waals surface area contributed by atoms with Crippen LogP contribution in [0.1, 0.15) is 19.8 Å². The summed E-state index contributed by atoms with van der Waals surface area (Å²) in [6.45, 7) is 4.77. The summed E-state index contributed by atoms with van der Waals surface area (Å²) < 4.78 is 12.7. The summed E-state index contributed by atoms with van der Waals surface area (Å²) in [5, 5.41) is 10.8. The zero-order valence-corrected chi connectivity index (χ0v) is 15.2. The first-order chi connectivity index (χ1) is 12.7. The second-order valence-corrected chi connectivity index (χ2v) is 6.28. The number of aromatic nitrogens is 3. The quantitative estimate of drug-likeness (QED) is 0.857. The lowest BCUT2D eigenvalue weighted by Crippen LogP contribution is -2.41. The van der Waals surface area contributed by atoms with Crippen molar-refractivity contribution < 1.29 is 14.3 Å². The summed E-state index contributed by atoms with van der Waals surface area (Å²) in [7, 11) is 1.60. The SMILES string of the molecule is CCOc1cc(NC(=O)N2CCC(Cn3ccnn3)CC2)ccc1OC. The molecule has 8 heteroatoms. The second kappa shape index (κ2) is 8.55. The van der Waals surface area contributed by atoms with Gasteiger partial charge in [-0.2, -0.15) is 0 Å². The molecule has 0 saturated carbocycles. The van der Waals surface area contributed by atoms with E-state index in [1.807, 2.05) is 28.8 Å². The summed E-state index contributed by atoms with van der Waals surface area (Å²) in [5.41, 5.74) is 0.698. The Morgan fingerprint density at radius 3 is 2.77 bits per heavy atom. The molecule has 8 nitrogen and oxygen atoms in total. The highest BCUT2D eigenvalue weighted by Crippen LogP contribution is 2.30. The molecule has 1 aromatic carbocycles. The van der Waals surface area contributed by atoms with Gasteiger partial charge in [0, 0.05) is 37.6 Å². The third-order valence-corrected chi connectivity index (χ3v) is 4.53. The fraction of sp³-hybridized carbons (Fsp3) is 0.500. The van der Waals surface area contributed by atoms with E-state index in [1.165, 1.54) is 0 Å². The molecular weight excluding hydrogens is 334 g/mol. The van der Waals surface area contributed by atoms with Gasteiger partial charge in [0.1, 0.15) is 0 Å². The van der Waals surface area contributed by atoms with Crippen LogP contribution in [0.2, 0.25) is 0 Å². The average Bonchev–Trinajstić information content (AvgIpc) is 3.16. The number of nitrogens with one attached hydrogen (secondary N) is 1. The van der Waals surface area contributed by atoms with Gasteiger partial charge in [-0.1, -0.05) is 5.21 Å². The molecule has 0 radical (unpaired) electrons. The third-order valence-electron chi connectivity index (χ3n) is 4.53. The highest BCUT2D eigenvalue weighted by Gasteiger charge is 2.23. The standard InChI is InChI=1S/C18H25N5O3/c1-3-26-17-12-15(4-5-16(17)25-2)20-18(24)22-9-6-14(7-10-22)13-23-11-8-19-21-23/h4-5,8,11-12,14H,3,6-7,9-10,13H2,1-2H3,(H,20,24). The van der Waals surface area contributed by atoms with Crippen LogP contribution in [-0.4, -0.2) is 52.7 Å². The Morgan fingerprint density at radius 2 is 2.12 bits per heavy atom. The Balaban J connectivity index is 1.53. The molecular formula is C18H25N5O3. The highest BCUT2D eigenvalue weighted by molar-refractivity contribution is 5.89. The first-order valence-electron chi connectivity index (χ1n) is 8.90. The predicted octanol–water partition coefficient (Wildman–Crippen LogP) is 2.63. The van der Waals surface area contributed by atoms with Crippen molar-refractivity contribution in [3.8, 4) is 11.5 Å². The number of methoxy groups -OCH3 is 1. The topological polar surface area (TPSA) is 81.5 Å². The van der Waals surface area contributed by atoms with Gasteiger partial charge in [0.05, 0.1) is 19.9 Å². The Labute approximate surface area is 153 Å². The molecule has 0 bridgehead atoms. The molecule has 0 unspecified atom stereocenters. The van der Waals surface area contributed by atoms with E-state index < -0.39 is 0 Å². The second-order valence-electron chi connectivity index (χ2n) is 6.28. The van der Waals surface area contributed by atoms with Gasteiger partial charge in [0.15, 0.2) is 11.5 Å². The van der Waals surface area contributed by atoms with Crippen LogP contribution in [-0.2, 0) is 6.54 Å². The van der Waals surface area contributed by atoms with Gasteiger partial charge in [-0.05, 0) is 37.8 Å². The van der Waals surface area contributed by atoms with Gasteiger partial charge >= 0.3 is 6.03 Å². The van der Waals surface area contributed by atoms with Crippen LogP contribution in [0.5, 0.6) is 11.5 Å². The van der Waals surface area contributed by atoms with E-state index in [9.17, 15) is 4.79 Å². The van der Waals surface area contributed by atoms with Crippen molar-refractivity contribution >= 4 is 11.7 Å². The van der Waals surface area contributed by atoms with E-state index in [-0.39, 0.29) is 6.03 Å². The number of piperidine rings is 1. The molecule has 2 amide bonds. The lowest BCUT2D eigenvalue weighted by atomic mass is 9.97. The van der Waals surface area contributed by atoms with Gasteiger partial charge in [-0.3, -0.25) is 4.68 Å². The molecule has 3 rings (SSSR count). The Morgan fingerprint density at radius 1 is 1.31 bits per heavy atom. The number of likely N-dealkylation sites (tertiary alicyclic amines) is 1. The van der Waals surface area contributed by atoms with Crippen LogP contribution in [0, 0.1) is 5.92 Å². The Kier molecular flexibility index (Phi) is 5.93. The normalized spacial score (nSPS) is 14.9. The molecule has 2 aromatic rings. The highest BCUT2D eigenvalue weighted by atomic mass is 16.5. The van der Waals surface area contributed by atoms with Crippen LogP contribution in [0.3, 0.4) is 0 Å². The smallest absolute Gasteiger partial charge is 0.321 e. The molecule has 1 aliphatic heterocycles. The van der Waals surface area contributed by atoms with Gasteiger partial charge in [0.2, 0.25) is 0 Å². The van der Waals surface area contributed by atoms with Crippen molar-refractivity contribution in [1.29, 1.82) is 0 Å². The minimum atomic E-state index is -0.0863. The fourth-order valence-electron chi connectivity index (χ4n) is 3.14. The average molecular weight is 359 g/mol. The van der Waals surface area contributed by atoms with E-state index in [2.05, 4.69) is 15.6 Å². The monoisotopic (exact) mass is 359 g/mol. The van der Waals surface area contributed by atoms with Gasteiger partial charge in [0.25, 0.3) is 0 Å². The summed E-state index contributed by atoms with van der Waals surface area (Å²) in [4.78, 5) is 14.4. The minimum Gasteiger partial charge on any atom is -0.493 e. The summed E-state index contributed by atoms with van der Waals surface area (Å²) in [6, 6.07) is 5.32. The Bertz CT molecular complexity index is 712. The molecule has 1 saturated heterocycles. The van der Waals surface area contributed by atoms with E-state index in [1.54, 1.807) is 25.4 Å². The number of anilines is 1. The molecule has 0 atom stereocenters. The lowest BCUT2D eigenvalue weighted by molar-refractivity contribution is 0.175. The molecule has 2 heterocycles. The van der Waals surface area contributed by atoms with Gasteiger partial charge in [-0.15, -0.1) is 5.10 Å². The summed E-state index contributed by atoms with van der Waals surface area (Å²) in [6.07, 6.45) is 5.48. The first-order valence-corrected chi connectivity index (χ1v) is 8.90. The maximum absolute atomic E-state index is 12.5. The number of nitrogens with zero attached hydrogens (tertiary/aromatic N) is 4. The number of rotatable bonds is 6. The fourth-order valence-corrected chi connectivity index (χ4v) is 3.14.